The van der Waals surface area contributed by atoms with Crippen molar-refractivity contribution in [2.45, 2.75) is 37.5 Å². The maximum atomic E-state index is 14.5. The number of benzene rings is 1. The van der Waals surface area contributed by atoms with Crippen LogP contribution in [0.2, 0.25) is 0 Å². The number of thioether (sulfide) groups is 1. The second kappa shape index (κ2) is 7.16. The normalized spacial score (nSPS) is 26.8. The number of ether oxygens (including phenoxy) is 1. The van der Waals surface area contributed by atoms with E-state index >= 15 is 0 Å². The molecule has 1 aromatic carbocycles. The summed E-state index contributed by atoms with van der Waals surface area (Å²) in [6.45, 7) is 2.82. The van der Waals surface area contributed by atoms with Crippen molar-refractivity contribution in [3.05, 3.63) is 46.8 Å². The van der Waals surface area contributed by atoms with E-state index in [0.717, 1.165) is 25.8 Å². The molecule has 26 heavy (non-hydrogen) atoms. The topological polar surface area (TPSA) is 46.6 Å². The first-order valence-corrected chi connectivity index (χ1v) is 10.00. The first-order valence-electron chi connectivity index (χ1n) is 9.12. The third kappa shape index (κ3) is 3.58. The van der Waals surface area contributed by atoms with E-state index in [1.165, 1.54) is 13.0 Å². The van der Waals surface area contributed by atoms with Gasteiger partial charge in [0.2, 0.25) is 0 Å². The lowest BCUT2D eigenvalue weighted by Gasteiger charge is -2.38. The molecule has 4 rings (SSSR count). The molecule has 0 amide bonds. The molecule has 1 aliphatic carbocycles. The average molecular weight is 375 g/mol. The number of halogens is 1. The van der Waals surface area contributed by atoms with Crippen LogP contribution in [0.5, 0.6) is 0 Å². The van der Waals surface area contributed by atoms with Gasteiger partial charge in [-0.1, -0.05) is 30.0 Å². The molecule has 4 nitrogen and oxygen atoms in total. The van der Waals surface area contributed by atoms with E-state index < -0.39 is 6.04 Å². The van der Waals surface area contributed by atoms with Crippen LogP contribution in [0.1, 0.15) is 37.8 Å². The van der Waals surface area contributed by atoms with E-state index in [-0.39, 0.29) is 29.4 Å². The molecule has 6 heteroatoms. The minimum Gasteiger partial charge on any atom is -0.420 e. The number of Topliss-reactive ketones (excluding diaryl/α,β-unsaturated/α-hetero) is 1. The van der Waals surface area contributed by atoms with E-state index in [1.807, 2.05) is 6.08 Å². The van der Waals surface area contributed by atoms with Gasteiger partial charge < -0.3 is 4.74 Å². The average Bonchev–Trinajstić information content (AvgIpc) is 3.37. The standard InChI is InChI=1S/C20H22FNO3S/c1-12(23)25-18-10-14-11-22(9-8-17(14)26-18)19(20(24)13-6-7-13)15-4-2-3-5-16(15)21/h2-5,10,13-14,17,19H,6-9,11H2,1H3. The number of ketones is 1. The summed E-state index contributed by atoms with van der Waals surface area (Å²) >= 11 is 1.60. The summed E-state index contributed by atoms with van der Waals surface area (Å²) in [6, 6.07) is 6.10. The molecule has 0 bridgehead atoms. The fourth-order valence-electron chi connectivity index (χ4n) is 3.91. The molecular weight excluding hydrogens is 353 g/mol. The Bertz CT molecular complexity index is 761. The number of esters is 1. The van der Waals surface area contributed by atoms with Gasteiger partial charge in [0, 0.05) is 42.7 Å². The minimum absolute atomic E-state index is 0.0717. The number of likely N-dealkylation sites (tertiary alicyclic amines) is 1. The minimum atomic E-state index is -0.513. The Labute approximate surface area is 156 Å². The van der Waals surface area contributed by atoms with Crippen LogP contribution in [0.25, 0.3) is 0 Å². The highest BCUT2D eigenvalue weighted by Gasteiger charge is 2.43. The largest absolute Gasteiger partial charge is 0.420 e. The molecule has 3 unspecified atom stereocenters. The highest BCUT2D eigenvalue weighted by Crippen LogP contribution is 2.45. The molecule has 2 heterocycles. The van der Waals surface area contributed by atoms with Crippen LogP contribution in [0.15, 0.2) is 35.4 Å². The summed E-state index contributed by atoms with van der Waals surface area (Å²) in [5.41, 5.74) is 0.484. The second-order valence-electron chi connectivity index (χ2n) is 7.28. The predicted octanol–water partition coefficient (Wildman–Crippen LogP) is 3.69. The van der Waals surface area contributed by atoms with E-state index in [1.54, 1.807) is 30.0 Å². The number of carbonyl (C=O) groups excluding carboxylic acids is 2. The lowest BCUT2D eigenvalue weighted by Crippen LogP contribution is -2.45. The van der Waals surface area contributed by atoms with Gasteiger partial charge in [-0.05, 0) is 31.4 Å². The Kier molecular flexibility index (Phi) is 4.88. The number of carbonyl (C=O) groups is 2. The van der Waals surface area contributed by atoms with Gasteiger partial charge >= 0.3 is 5.97 Å². The Balaban J connectivity index is 1.57. The summed E-state index contributed by atoms with van der Waals surface area (Å²) in [5, 5.41) is 1.02. The van der Waals surface area contributed by atoms with Crippen molar-refractivity contribution in [1.29, 1.82) is 0 Å². The number of nitrogens with zero attached hydrogens (tertiary/aromatic N) is 1. The Hall–Kier alpha value is -1.66. The molecular formula is C20H22FNO3S. The van der Waals surface area contributed by atoms with Gasteiger partial charge in [-0.15, -0.1) is 0 Å². The molecule has 1 saturated carbocycles. The molecule has 0 aromatic heterocycles. The third-order valence-electron chi connectivity index (χ3n) is 5.30. The highest BCUT2D eigenvalue weighted by molar-refractivity contribution is 8.03. The number of hydrogen-bond acceptors (Lipinski definition) is 5. The monoisotopic (exact) mass is 375 g/mol. The molecule has 1 saturated heterocycles. The molecule has 0 spiro atoms. The molecule has 3 aliphatic rings. The van der Waals surface area contributed by atoms with Gasteiger partial charge in [-0.2, -0.15) is 0 Å². The SMILES string of the molecule is CC(=O)OC1=CC2CN(C(C(=O)C3CC3)c3ccccc3F)CCC2S1. The van der Waals surface area contributed by atoms with Gasteiger partial charge in [0.1, 0.15) is 5.82 Å². The summed E-state index contributed by atoms with van der Waals surface area (Å²) in [5.74, 6) is -0.201. The first kappa shape index (κ1) is 17.7. The number of hydrogen-bond donors (Lipinski definition) is 0. The molecule has 138 valence electrons. The zero-order chi connectivity index (χ0) is 18.3. The summed E-state index contributed by atoms with van der Waals surface area (Å²) < 4.78 is 19.7. The molecule has 0 N–H and O–H groups in total. The van der Waals surface area contributed by atoms with Crippen LogP contribution in [0.3, 0.4) is 0 Å². The number of rotatable bonds is 5. The number of piperidine rings is 1. The van der Waals surface area contributed by atoms with Crippen LogP contribution in [0.4, 0.5) is 4.39 Å². The second-order valence-corrected chi connectivity index (χ2v) is 8.53. The Morgan fingerprint density at radius 3 is 2.73 bits per heavy atom. The van der Waals surface area contributed by atoms with Crippen molar-refractivity contribution in [1.82, 2.24) is 4.90 Å². The van der Waals surface area contributed by atoms with Crippen molar-refractivity contribution in [3.8, 4) is 0 Å². The van der Waals surface area contributed by atoms with E-state index in [4.69, 9.17) is 4.74 Å². The molecule has 2 fully saturated rings. The van der Waals surface area contributed by atoms with Gasteiger partial charge in [-0.25, -0.2) is 4.39 Å². The smallest absolute Gasteiger partial charge is 0.308 e. The third-order valence-corrected chi connectivity index (χ3v) is 6.64. The molecule has 2 aliphatic heterocycles. The van der Waals surface area contributed by atoms with Crippen molar-refractivity contribution < 1.29 is 18.7 Å². The molecule has 3 atom stereocenters. The molecule has 1 aromatic rings. The molecule has 0 radical (unpaired) electrons. The highest BCUT2D eigenvalue weighted by atomic mass is 32.2. The van der Waals surface area contributed by atoms with Crippen molar-refractivity contribution >= 4 is 23.5 Å². The zero-order valence-corrected chi connectivity index (χ0v) is 15.5. The van der Waals surface area contributed by atoms with Crippen molar-refractivity contribution in [3.63, 3.8) is 0 Å². The Morgan fingerprint density at radius 2 is 2.04 bits per heavy atom. The predicted molar refractivity (Wildman–Crippen MR) is 97.8 cm³/mol. The van der Waals surface area contributed by atoms with Crippen molar-refractivity contribution in [2.24, 2.45) is 11.8 Å². The van der Waals surface area contributed by atoms with E-state index in [9.17, 15) is 14.0 Å². The van der Waals surface area contributed by atoms with Crippen molar-refractivity contribution in [2.75, 3.05) is 13.1 Å². The van der Waals surface area contributed by atoms with Gasteiger partial charge in [-0.3, -0.25) is 14.5 Å². The van der Waals surface area contributed by atoms with Crippen LogP contribution < -0.4 is 0 Å². The van der Waals surface area contributed by atoms with Crippen LogP contribution in [0, 0.1) is 17.7 Å². The fraction of sp³-hybridized carbons (Fsp3) is 0.500. The first-order chi connectivity index (χ1) is 12.5. The van der Waals surface area contributed by atoms with Gasteiger partial charge in [0.25, 0.3) is 0 Å². The van der Waals surface area contributed by atoms with E-state index in [2.05, 4.69) is 4.90 Å². The fourth-order valence-corrected chi connectivity index (χ4v) is 5.19. The summed E-state index contributed by atoms with van der Waals surface area (Å²) in [7, 11) is 0. The van der Waals surface area contributed by atoms with E-state index in [0.29, 0.717) is 22.4 Å². The maximum absolute atomic E-state index is 14.5. The lowest BCUT2D eigenvalue weighted by molar-refractivity contribution is -0.135. The van der Waals surface area contributed by atoms with Crippen LogP contribution in [-0.4, -0.2) is 35.0 Å². The maximum Gasteiger partial charge on any atom is 0.308 e. The number of fused-ring (bicyclic) bond motifs is 1. The summed E-state index contributed by atoms with van der Waals surface area (Å²) in [4.78, 5) is 26.3. The van der Waals surface area contributed by atoms with Crippen LogP contribution in [-0.2, 0) is 14.3 Å². The van der Waals surface area contributed by atoms with Crippen LogP contribution >= 0.6 is 11.8 Å². The summed E-state index contributed by atoms with van der Waals surface area (Å²) in [6.07, 6.45) is 4.70. The zero-order valence-electron chi connectivity index (χ0n) is 14.7. The van der Waals surface area contributed by atoms with Gasteiger partial charge in [0.05, 0.1) is 6.04 Å². The van der Waals surface area contributed by atoms with Gasteiger partial charge in [0.15, 0.2) is 10.9 Å². The lowest BCUT2D eigenvalue weighted by atomic mass is 9.91. The quantitative estimate of drug-likeness (QED) is 0.735. The Morgan fingerprint density at radius 1 is 1.27 bits per heavy atom.